The van der Waals surface area contributed by atoms with Crippen molar-refractivity contribution in [3.63, 3.8) is 0 Å². The third-order valence-electron chi connectivity index (χ3n) is 4.11. The minimum absolute atomic E-state index is 0.139. The number of fused-ring (bicyclic) bond motifs is 1. The number of imidazole rings is 1. The third-order valence-corrected chi connectivity index (χ3v) is 4.11. The Balaban J connectivity index is 1.53. The quantitative estimate of drug-likeness (QED) is 0.576. The minimum Gasteiger partial charge on any atom is -0.350 e. The zero-order valence-electron chi connectivity index (χ0n) is 14.1. The van der Waals surface area contributed by atoms with E-state index in [4.69, 9.17) is 4.52 Å². The number of hydrogen-bond donors (Lipinski definition) is 2. The number of aromatic nitrogens is 4. The Morgan fingerprint density at radius 2 is 2.04 bits per heavy atom. The summed E-state index contributed by atoms with van der Waals surface area (Å²) in [7, 11) is 0. The largest absolute Gasteiger partial charge is 0.350 e. The van der Waals surface area contributed by atoms with Gasteiger partial charge in [0.1, 0.15) is 11.5 Å². The summed E-state index contributed by atoms with van der Waals surface area (Å²) in [5.41, 5.74) is 2.98. The van der Waals surface area contributed by atoms with Crippen molar-refractivity contribution in [2.75, 3.05) is 0 Å². The van der Waals surface area contributed by atoms with E-state index in [1.54, 1.807) is 12.3 Å². The van der Waals surface area contributed by atoms with E-state index in [0.717, 1.165) is 11.0 Å². The standard InChI is InChI=1S/C19H17N5O2/c1-2-12(18-21-14-8-3-4-9-15(14)22-18)23-19(25)17-11-16(24-26-17)13-7-5-6-10-20-13/h3-12H,2H2,1H3,(H,21,22)(H,23,25)/t12-/m0/s1. The van der Waals surface area contributed by atoms with Gasteiger partial charge in [0.25, 0.3) is 5.91 Å². The van der Waals surface area contributed by atoms with Crippen molar-refractivity contribution in [2.24, 2.45) is 0 Å². The van der Waals surface area contributed by atoms with Gasteiger partial charge in [-0.15, -0.1) is 0 Å². The summed E-state index contributed by atoms with van der Waals surface area (Å²) in [6.45, 7) is 1.98. The first-order valence-electron chi connectivity index (χ1n) is 8.38. The fourth-order valence-electron chi connectivity index (χ4n) is 2.75. The highest BCUT2D eigenvalue weighted by atomic mass is 16.5. The van der Waals surface area contributed by atoms with Crippen molar-refractivity contribution in [1.29, 1.82) is 0 Å². The number of aromatic amines is 1. The van der Waals surface area contributed by atoms with Crippen LogP contribution in [0.1, 0.15) is 35.8 Å². The summed E-state index contributed by atoms with van der Waals surface area (Å²) in [4.78, 5) is 24.6. The molecular formula is C19H17N5O2. The maximum absolute atomic E-state index is 12.5. The average molecular weight is 347 g/mol. The van der Waals surface area contributed by atoms with Crippen LogP contribution in [0, 0.1) is 0 Å². The van der Waals surface area contributed by atoms with E-state index in [1.807, 2.05) is 49.4 Å². The van der Waals surface area contributed by atoms with Crippen LogP contribution in [0.25, 0.3) is 22.4 Å². The summed E-state index contributed by atoms with van der Waals surface area (Å²) in [6, 6.07) is 14.6. The highest BCUT2D eigenvalue weighted by Crippen LogP contribution is 2.20. The number of hydrogen-bond acceptors (Lipinski definition) is 5. The zero-order valence-corrected chi connectivity index (χ0v) is 14.1. The van der Waals surface area contributed by atoms with E-state index in [0.29, 0.717) is 23.6 Å². The lowest BCUT2D eigenvalue weighted by Crippen LogP contribution is -2.28. The molecule has 0 fully saturated rings. The molecule has 7 heteroatoms. The number of H-pyrrole nitrogens is 1. The number of carbonyl (C=O) groups is 1. The summed E-state index contributed by atoms with van der Waals surface area (Å²) in [5.74, 6) is 0.513. The van der Waals surface area contributed by atoms with E-state index in [1.165, 1.54) is 0 Å². The van der Waals surface area contributed by atoms with Crippen LogP contribution in [0.2, 0.25) is 0 Å². The van der Waals surface area contributed by atoms with Crippen LogP contribution in [0.3, 0.4) is 0 Å². The van der Waals surface area contributed by atoms with Crippen molar-refractivity contribution in [3.05, 3.63) is 66.3 Å². The van der Waals surface area contributed by atoms with Gasteiger partial charge in [0.15, 0.2) is 0 Å². The summed E-state index contributed by atoms with van der Waals surface area (Å²) in [6.07, 6.45) is 2.35. The molecule has 1 atom stereocenters. The molecule has 2 N–H and O–H groups in total. The number of carbonyl (C=O) groups excluding carboxylic acids is 1. The van der Waals surface area contributed by atoms with Gasteiger partial charge in [-0.2, -0.15) is 0 Å². The van der Waals surface area contributed by atoms with Gasteiger partial charge < -0.3 is 14.8 Å². The Hall–Kier alpha value is -3.48. The van der Waals surface area contributed by atoms with Gasteiger partial charge in [0.2, 0.25) is 5.76 Å². The maximum atomic E-state index is 12.5. The van der Waals surface area contributed by atoms with E-state index in [9.17, 15) is 4.79 Å². The van der Waals surface area contributed by atoms with Crippen molar-refractivity contribution in [1.82, 2.24) is 25.4 Å². The normalized spacial score (nSPS) is 12.2. The fourth-order valence-corrected chi connectivity index (χ4v) is 2.75. The van der Waals surface area contributed by atoms with Gasteiger partial charge >= 0.3 is 0 Å². The number of amides is 1. The van der Waals surface area contributed by atoms with Crippen LogP contribution in [0.5, 0.6) is 0 Å². The van der Waals surface area contributed by atoms with Crippen LogP contribution in [-0.4, -0.2) is 26.0 Å². The van der Waals surface area contributed by atoms with E-state index < -0.39 is 0 Å². The number of para-hydroxylation sites is 2. The van der Waals surface area contributed by atoms with Gasteiger partial charge in [-0.3, -0.25) is 9.78 Å². The molecule has 0 aliphatic rings. The molecule has 0 aliphatic heterocycles. The van der Waals surface area contributed by atoms with Crippen LogP contribution in [-0.2, 0) is 0 Å². The second kappa shape index (κ2) is 6.79. The lowest BCUT2D eigenvalue weighted by Gasteiger charge is -2.13. The molecule has 0 unspecified atom stereocenters. The first kappa shape index (κ1) is 16.0. The molecule has 130 valence electrons. The molecule has 3 aromatic heterocycles. The van der Waals surface area contributed by atoms with Gasteiger partial charge in [-0.1, -0.05) is 30.3 Å². The molecule has 7 nitrogen and oxygen atoms in total. The minimum atomic E-state index is -0.341. The third kappa shape index (κ3) is 3.06. The number of benzene rings is 1. The predicted molar refractivity (Wildman–Crippen MR) is 96.3 cm³/mol. The van der Waals surface area contributed by atoms with Crippen LogP contribution in [0.15, 0.2) is 59.3 Å². The fraction of sp³-hybridized carbons (Fsp3) is 0.158. The SMILES string of the molecule is CC[C@H](NC(=O)c1cc(-c2ccccn2)no1)c1nc2ccccc2[nH]1. The lowest BCUT2D eigenvalue weighted by molar-refractivity contribution is 0.0896. The molecular weight excluding hydrogens is 330 g/mol. The maximum Gasteiger partial charge on any atom is 0.290 e. The smallest absolute Gasteiger partial charge is 0.290 e. The van der Waals surface area contributed by atoms with Crippen LogP contribution < -0.4 is 5.32 Å². The summed E-state index contributed by atoms with van der Waals surface area (Å²) < 4.78 is 5.19. The molecule has 0 saturated carbocycles. The molecule has 1 aromatic carbocycles. The van der Waals surface area contributed by atoms with Crippen molar-refractivity contribution >= 4 is 16.9 Å². The van der Waals surface area contributed by atoms with Crippen LogP contribution >= 0.6 is 0 Å². The molecule has 0 saturated heterocycles. The predicted octanol–water partition coefficient (Wildman–Crippen LogP) is 3.49. The van der Waals surface area contributed by atoms with Gasteiger partial charge in [-0.25, -0.2) is 4.98 Å². The van der Waals surface area contributed by atoms with Crippen LogP contribution in [0.4, 0.5) is 0 Å². The van der Waals surface area contributed by atoms with Crippen molar-refractivity contribution in [2.45, 2.75) is 19.4 Å². The Morgan fingerprint density at radius 3 is 2.81 bits per heavy atom. The van der Waals surface area contributed by atoms with Gasteiger partial charge in [0, 0.05) is 12.3 Å². The molecule has 0 spiro atoms. The molecule has 26 heavy (non-hydrogen) atoms. The van der Waals surface area contributed by atoms with Crippen molar-refractivity contribution in [3.8, 4) is 11.4 Å². The zero-order chi connectivity index (χ0) is 17.9. The highest BCUT2D eigenvalue weighted by Gasteiger charge is 2.21. The molecule has 4 aromatic rings. The van der Waals surface area contributed by atoms with Gasteiger partial charge in [0.05, 0.1) is 22.8 Å². The van der Waals surface area contributed by atoms with E-state index >= 15 is 0 Å². The first-order chi connectivity index (χ1) is 12.7. The molecule has 3 heterocycles. The molecule has 1 amide bonds. The molecule has 0 bridgehead atoms. The number of pyridine rings is 1. The highest BCUT2D eigenvalue weighted by molar-refractivity contribution is 5.92. The van der Waals surface area contributed by atoms with Gasteiger partial charge in [-0.05, 0) is 30.7 Å². The molecule has 4 rings (SSSR count). The average Bonchev–Trinajstić information content (AvgIpc) is 3.33. The summed E-state index contributed by atoms with van der Waals surface area (Å²) >= 11 is 0. The number of nitrogens with zero attached hydrogens (tertiary/aromatic N) is 3. The molecule has 0 radical (unpaired) electrons. The number of rotatable bonds is 5. The Bertz CT molecular complexity index is 1010. The second-order valence-electron chi connectivity index (χ2n) is 5.86. The Labute approximate surface area is 149 Å². The number of nitrogens with one attached hydrogen (secondary N) is 2. The second-order valence-corrected chi connectivity index (χ2v) is 5.86. The first-order valence-corrected chi connectivity index (χ1v) is 8.38. The van der Waals surface area contributed by atoms with E-state index in [2.05, 4.69) is 25.4 Å². The van der Waals surface area contributed by atoms with Crippen molar-refractivity contribution < 1.29 is 9.32 Å². The Morgan fingerprint density at radius 1 is 1.19 bits per heavy atom. The monoisotopic (exact) mass is 347 g/mol. The van der Waals surface area contributed by atoms with E-state index in [-0.39, 0.29) is 17.7 Å². The lowest BCUT2D eigenvalue weighted by atomic mass is 10.2. The molecule has 0 aliphatic carbocycles. The Kier molecular flexibility index (Phi) is 4.18. The summed E-state index contributed by atoms with van der Waals surface area (Å²) in [5, 5.41) is 6.86. The topological polar surface area (TPSA) is 96.7 Å².